The second kappa shape index (κ2) is 5.00. The molecule has 2 aliphatic heterocycles. The smallest absolute Gasteiger partial charge is 0.0627 e. The van der Waals surface area contributed by atoms with Gasteiger partial charge in [0.05, 0.1) is 12.2 Å². The van der Waals surface area contributed by atoms with Crippen LogP contribution in [0.15, 0.2) is 15.2 Å². The van der Waals surface area contributed by atoms with Gasteiger partial charge in [0.1, 0.15) is 0 Å². The molecule has 1 N–H and O–H groups in total. The number of ether oxygens (including phenoxy) is 1. The molecular formula is C13H18BrNOS. The van der Waals surface area contributed by atoms with E-state index in [1.165, 1.54) is 29.3 Å². The summed E-state index contributed by atoms with van der Waals surface area (Å²) in [6.45, 7) is 3.20. The van der Waals surface area contributed by atoms with Crippen molar-refractivity contribution in [1.82, 2.24) is 5.32 Å². The lowest BCUT2D eigenvalue weighted by atomic mass is 9.81. The van der Waals surface area contributed by atoms with Gasteiger partial charge in [0, 0.05) is 21.8 Å². The highest BCUT2D eigenvalue weighted by molar-refractivity contribution is 9.10. The van der Waals surface area contributed by atoms with Crippen LogP contribution in [0, 0.1) is 5.92 Å². The largest absolute Gasteiger partial charge is 0.375 e. The Morgan fingerprint density at radius 3 is 2.94 bits per heavy atom. The van der Waals surface area contributed by atoms with Gasteiger partial charge >= 0.3 is 0 Å². The van der Waals surface area contributed by atoms with Crippen molar-refractivity contribution >= 4 is 27.3 Å². The molecule has 2 fully saturated rings. The van der Waals surface area contributed by atoms with Gasteiger partial charge in [0.2, 0.25) is 0 Å². The van der Waals surface area contributed by atoms with Crippen molar-refractivity contribution in [3.63, 3.8) is 0 Å². The number of rotatable bonds is 4. The number of nitrogens with one attached hydrogen (secondary N) is 1. The maximum atomic E-state index is 6.00. The molecule has 0 amide bonds. The zero-order chi connectivity index (χ0) is 11.8. The van der Waals surface area contributed by atoms with E-state index in [0.717, 1.165) is 6.54 Å². The summed E-state index contributed by atoms with van der Waals surface area (Å²) in [5.74, 6) is 0.652. The molecule has 2 saturated heterocycles. The monoisotopic (exact) mass is 315 g/mol. The van der Waals surface area contributed by atoms with Crippen LogP contribution in [0.2, 0.25) is 0 Å². The van der Waals surface area contributed by atoms with E-state index in [4.69, 9.17) is 4.74 Å². The minimum atomic E-state index is 0.455. The third-order valence-corrected chi connectivity index (χ3v) is 5.73. The predicted octanol–water partition coefficient (Wildman–Crippen LogP) is 3.73. The molecule has 94 valence electrons. The Balaban J connectivity index is 1.83. The first kappa shape index (κ1) is 12.2. The van der Waals surface area contributed by atoms with E-state index in [-0.39, 0.29) is 0 Å². The molecule has 2 nitrogen and oxygen atoms in total. The Labute approximate surface area is 115 Å². The van der Waals surface area contributed by atoms with Gasteiger partial charge in [-0.25, -0.2) is 0 Å². The molecular weight excluding hydrogens is 298 g/mol. The van der Waals surface area contributed by atoms with Gasteiger partial charge in [-0.1, -0.05) is 6.92 Å². The van der Waals surface area contributed by atoms with Crippen molar-refractivity contribution in [2.75, 3.05) is 6.54 Å². The molecule has 0 saturated carbocycles. The standard InChI is InChI=1S/C13H18BrNOS/c1-2-15-13(10-6-17-7-11(10)14)9-5-8-3-4-12(9)16-8/h6-9,12-13,15H,2-5H2,1H3. The summed E-state index contributed by atoms with van der Waals surface area (Å²) in [7, 11) is 0. The Hall–Kier alpha value is 0.1000. The van der Waals surface area contributed by atoms with Crippen molar-refractivity contribution in [2.24, 2.45) is 5.92 Å². The van der Waals surface area contributed by atoms with Crippen LogP contribution in [-0.4, -0.2) is 18.8 Å². The van der Waals surface area contributed by atoms with Crippen LogP contribution < -0.4 is 5.32 Å². The molecule has 0 aromatic carbocycles. The third-order valence-electron chi connectivity index (χ3n) is 3.98. The Morgan fingerprint density at radius 2 is 2.41 bits per heavy atom. The van der Waals surface area contributed by atoms with Crippen molar-refractivity contribution in [3.05, 3.63) is 20.8 Å². The molecule has 1 aromatic heterocycles. The molecule has 1 aromatic rings. The molecule has 17 heavy (non-hydrogen) atoms. The van der Waals surface area contributed by atoms with E-state index >= 15 is 0 Å². The topological polar surface area (TPSA) is 21.3 Å². The molecule has 0 radical (unpaired) electrons. The normalized spacial score (nSPS) is 33.2. The summed E-state index contributed by atoms with van der Waals surface area (Å²) in [4.78, 5) is 0. The van der Waals surface area contributed by atoms with E-state index in [0.29, 0.717) is 24.2 Å². The Bertz CT molecular complexity index is 395. The summed E-state index contributed by atoms with van der Waals surface area (Å²) >= 11 is 5.44. The quantitative estimate of drug-likeness (QED) is 0.914. The van der Waals surface area contributed by atoms with Gasteiger partial charge in [0.25, 0.3) is 0 Å². The molecule has 4 heteroatoms. The number of hydrogen-bond acceptors (Lipinski definition) is 3. The Kier molecular flexibility index (Phi) is 3.57. The highest BCUT2D eigenvalue weighted by atomic mass is 79.9. The van der Waals surface area contributed by atoms with E-state index in [9.17, 15) is 0 Å². The summed E-state index contributed by atoms with van der Waals surface area (Å²) in [5, 5.41) is 8.09. The predicted molar refractivity (Wildman–Crippen MR) is 74.4 cm³/mol. The SMILES string of the molecule is CCNC(c1cscc1Br)C1CC2CCC1O2. The summed E-state index contributed by atoms with van der Waals surface area (Å²) in [6, 6.07) is 0.455. The van der Waals surface area contributed by atoms with Crippen molar-refractivity contribution in [2.45, 2.75) is 44.4 Å². The van der Waals surface area contributed by atoms with Crippen molar-refractivity contribution in [3.8, 4) is 0 Å². The molecule has 3 heterocycles. The fourth-order valence-electron chi connectivity index (χ4n) is 3.25. The van der Waals surface area contributed by atoms with E-state index < -0.39 is 0 Å². The van der Waals surface area contributed by atoms with E-state index in [1.807, 2.05) is 0 Å². The molecule has 4 unspecified atom stereocenters. The van der Waals surface area contributed by atoms with Crippen LogP contribution in [0.25, 0.3) is 0 Å². The van der Waals surface area contributed by atoms with Gasteiger partial charge in [-0.05, 0) is 52.7 Å². The van der Waals surface area contributed by atoms with Crippen LogP contribution in [0.5, 0.6) is 0 Å². The van der Waals surface area contributed by atoms with Crippen LogP contribution in [0.3, 0.4) is 0 Å². The molecule has 2 aliphatic rings. The van der Waals surface area contributed by atoms with E-state index in [2.05, 4.69) is 38.9 Å². The molecule has 4 atom stereocenters. The number of halogens is 1. The van der Waals surface area contributed by atoms with E-state index in [1.54, 1.807) is 11.3 Å². The van der Waals surface area contributed by atoms with Gasteiger partial charge in [-0.15, -0.1) is 0 Å². The second-order valence-electron chi connectivity index (χ2n) is 4.98. The summed E-state index contributed by atoms with van der Waals surface area (Å²) in [6.07, 6.45) is 4.76. The first-order chi connectivity index (χ1) is 8.29. The summed E-state index contributed by atoms with van der Waals surface area (Å²) in [5.41, 5.74) is 1.41. The average Bonchev–Trinajstić information content (AvgIpc) is 3.01. The van der Waals surface area contributed by atoms with Gasteiger partial charge in [-0.2, -0.15) is 11.3 Å². The van der Waals surface area contributed by atoms with Crippen LogP contribution in [0.4, 0.5) is 0 Å². The maximum absolute atomic E-state index is 6.00. The van der Waals surface area contributed by atoms with Gasteiger partial charge < -0.3 is 10.1 Å². The lowest BCUT2D eigenvalue weighted by molar-refractivity contribution is 0.0858. The summed E-state index contributed by atoms with van der Waals surface area (Å²) < 4.78 is 7.24. The van der Waals surface area contributed by atoms with Crippen molar-refractivity contribution in [1.29, 1.82) is 0 Å². The minimum absolute atomic E-state index is 0.455. The number of hydrogen-bond donors (Lipinski definition) is 1. The van der Waals surface area contributed by atoms with Gasteiger partial charge in [-0.3, -0.25) is 0 Å². The first-order valence-corrected chi connectivity index (χ1v) is 8.13. The third kappa shape index (κ3) is 2.21. The number of fused-ring (bicyclic) bond motifs is 2. The zero-order valence-electron chi connectivity index (χ0n) is 9.99. The highest BCUT2D eigenvalue weighted by Gasteiger charge is 2.44. The Morgan fingerprint density at radius 1 is 1.53 bits per heavy atom. The minimum Gasteiger partial charge on any atom is -0.375 e. The van der Waals surface area contributed by atoms with Crippen LogP contribution in [-0.2, 0) is 4.74 Å². The molecule has 0 aliphatic carbocycles. The molecule has 3 rings (SSSR count). The lowest BCUT2D eigenvalue weighted by Gasteiger charge is -2.29. The van der Waals surface area contributed by atoms with Crippen LogP contribution >= 0.6 is 27.3 Å². The number of thiophene rings is 1. The van der Waals surface area contributed by atoms with Crippen molar-refractivity contribution < 1.29 is 4.74 Å². The molecule has 2 bridgehead atoms. The van der Waals surface area contributed by atoms with Gasteiger partial charge in [0.15, 0.2) is 0 Å². The average molecular weight is 316 g/mol. The lowest BCUT2D eigenvalue weighted by Crippen LogP contribution is -2.33. The maximum Gasteiger partial charge on any atom is 0.0627 e. The fourth-order valence-corrected chi connectivity index (χ4v) is 4.83. The zero-order valence-corrected chi connectivity index (χ0v) is 12.4. The second-order valence-corrected chi connectivity index (χ2v) is 6.58. The highest BCUT2D eigenvalue weighted by Crippen LogP contribution is 2.46. The fraction of sp³-hybridized carbons (Fsp3) is 0.692. The first-order valence-electron chi connectivity index (χ1n) is 6.40. The molecule has 0 spiro atoms. The van der Waals surface area contributed by atoms with Crippen LogP contribution in [0.1, 0.15) is 37.8 Å².